The Kier molecular flexibility index (Phi) is 5.69. The van der Waals surface area contributed by atoms with Crippen LogP contribution in [-0.2, 0) is 16.1 Å². The van der Waals surface area contributed by atoms with E-state index < -0.39 is 34.8 Å². The van der Waals surface area contributed by atoms with E-state index in [9.17, 15) is 19.7 Å². The largest absolute Gasteiger partial charge is 0.445 e. The standard InChI is InChI=1S/C17H23N3O6/c1-16(2,3)26-15(22)19-10-17(11-19,12-20(23)24)18-14(21)25-9-13-7-5-4-6-8-13/h4-8H,9-12H2,1-3H3,(H,18,21). The molecule has 1 N–H and O–H groups in total. The minimum absolute atomic E-state index is 0.0106. The molecule has 1 aromatic rings. The quantitative estimate of drug-likeness (QED) is 0.632. The van der Waals surface area contributed by atoms with E-state index in [1.165, 1.54) is 4.90 Å². The molecule has 1 heterocycles. The van der Waals surface area contributed by atoms with Gasteiger partial charge in [0.25, 0.3) is 0 Å². The molecule has 1 fully saturated rings. The number of carbonyl (C=O) groups is 2. The van der Waals surface area contributed by atoms with Crippen molar-refractivity contribution in [2.75, 3.05) is 19.6 Å². The Morgan fingerprint density at radius 2 is 1.88 bits per heavy atom. The SMILES string of the molecule is CC(C)(C)OC(=O)N1CC(C[N+](=O)[O-])(NC(=O)OCc2ccccc2)C1. The fourth-order valence-electron chi connectivity index (χ4n) is 2.58. The van der Waals surface area contributed by atoms with Gasteiger partial charge in [0, 0.05) is 4.92 Å². The summed E-state index contributed by atoms with van der Waals surface area (Å²) in [5.74, 6) is 0. The number of carbonyl (C=O) groups excluding carboxylic acids is 2. The monoisotopic (exact) mass is 365 g/mol. The van der Waals surface area contributed by atoms with Gasteiger partial charge in [0.1, 0.15) is 17.7 Å². The number of nitro groups is 1. The first kappa shape index (κ1) is 19.5. The van der Waals surface area contributed by atoms with Gasteiger partial charge in [0.05, 0.1) is 13.1 Å². The minimum atomic E-state index is -1.16. The van der Waals surface area contributed by atoms with Crippen LogP contribution in [0.15, 0.2) is 30.3 Å². The summed E-state index contributed by atoms with van der Waals surface area (Å²) < 4.78 is 10.3. The van der Waals surface area contributed by atoms with Gasteiger partial charge in [0.15, 0.2) is 0 Å². The van der Waals surface area contributed by atoms with Crippen LogP contribution in [0.1, 0.15) is 26.3 Å². The lowest BCUT2D eigenvalue weighted by molar-refractivity contribution is -0.494. The number of hydrogen-bond acceptors (Lipinski definition) is 6. The van der Waals surface area contributed by atoms with Gasteiger partial charge in [0.2, 0.25) is 6.54 Å². The van der Waals surface area contributed by atoms with Crippen molar-refractivity contribution in [2.24, 2.45) is 0 Å². The highest BCUT2D eigenvalue weighted by atomic mass is 16.6. The summed E-state index contributed by atoms with van der Waals surface area (Å²) in [4.78, 5) is 35.8. The molecular weight excluding hydrogens is 342 g/mol. The molecule has 0 bridgehead atoms. The molecule has 0 radical (unpaired) electrons. The van der Waals surface area contributed by atoms with Gasteiger partial charge in [-0.3, -0.25) is 10.1 Å². The van der Waals surface area contributed by atoms with Crippen LogP contribution in [0, 0.1) is 10.1 Å². The maximum atomic E-state index is 12.0. The normalized spacial score (nSPS) is 15.6. The highest BCUT2D eigenvalue weighted by Crippen LogP contribution is 2.24. The fraction of sp³-hybridized carbons (Fsp3) is 0.529. The van der Waals surface area contributed by atoms with Crippen molar-refractivity contribution >= 4 is 12.2 Å². The Morgan fingerprint density at radius 3 is 2.42 bits per heavy atom. The van der Waals surface area contributed by atoms with E-state index in [2.05, 4.69) is 5.32 Å². The van der Waals surface area contributed by atoms with E-state index in [1.54, 1.807) is 32.9 Å². The molecule has 0 aromatic heterocycles. The van der Waals surface area contributed by atoms with Gasteiger partial charge in [-0.25, -0.2) is 9.59 Å². The molecule has 0 saturated carbocycles. The van der Waals surface area contributed by atoms with Crippen molar-refractivity contribution in [3.05, 3.63) is 46.0 Å². The number of nitrogens with zero attached hydrogens (tertiary/aromatic N) is 2. The third kappa shape index (κ3) is 5.61. The summed E-state index contributed by atoms with van der Waals surface area (Å²) in [6.07, 6.45) is -1.34. The molecule has 1 aliphatic heterocycles. The summed E-state index contributed by atoms with van der Waals surface area (Å²) in [5.41, 5.74) is -1.02. The van der Waals surface area contributed by atoms with Gasteiger partial charge >= 0.3 is 12.2 Å². The van der Waals surface area contributed by atoms with Crippen LogP contribution < -0.4 is 5.32 Å². The van der Waals surface area contributed by atoms with E-state index >= 15 is 0 Å². The Balaban J connectivity index is 1.91. The molecular formula is C17H23N3O6. The van der Waals surface area contributed by atoms with Gasteiger partial charge in [-0.2, -0.15) is 0 Å². The van der Waals surface area contributed by atoms with E-state index in [-0.39, 0.29) is 19.7 Å². The van der Waals surface area contributed by atoms with Gasteiger partial charge < -0.3 is 19.7 Å². The van der Waals surface area contributed by atoms with Crippen molar-refractivity contribution in [2.45, 2.75) is 38.5 Å². The first-order valence-corrected chi connectivity index (χ1v) is 8.17. The first-order valence-electron chi connectivity index (χ1n) is 8.17. The molecule has 2 rings (SSSR count). The smallest absolute Gasteiger partial charge is 0.410 e. The third-order valence-electron chi connectivity index (χ3n) is 3.65. The maximum absolute atomic E-state index is 12.0. The molecule has 9 heteroatoms. The molecule has 142 valence electrons. The van der Waals surface area contributed by atoms with Crippen molar-refractivity contribution < 1.29 is 24.0 Å². The third-order valence-corrected chi connectivity index (χ3v) is 3.65. The van der Waals surface area contributed by atoms with Gasteiger partial charge in [-0.05, 0) is 26.3 Å². The zero-order valence-electron chi connectivity index (χ0n) is 15.1. The Morgan fingerprint density at radius 1 is 1.27 bits per heavy atom. The number of ether oxygens (including phenoxy) is 2. The highest BCUT2D eigenvalue weighted by Gasteiger charge is 2.51. The van der Waals surface area contributed by atoms with E-state index in [4.69, 9.17) is 9.47 Å². The zero-order valence-corrected chi connectivity index (χ0v) is 15.1. The summed E-state index contributed by atoms with van der Waals surface area (Å²) in [6, 6.07) is 9.07. The molecule has 2 amide bonds. The van der Waals surface area contributed by atoms with E-state index in [1.807, 2.05) is 18.2 Å². The molecule has 0 unspecified atom stereocenters. The zero-order chi connectivity index (χ0) is 19.4. The molecule has 0 atom stereocenters. The fourth-order valence-corrected chi connectivity index (χ4v) is 2.58. The van der Waals surface area contributed by atoms with Crippen molar-refractivity contribution in [1.82, 2.24) is 10.2 Å². The van der Waals surface area contributed by atoms with Gasteiger partial charge in [-0.15, -0.1) is 0 Å². The predicted octanol–water partition coefficient (Wildman–Crippen LogP) is 2.18. The minimum Gasteiger partial charge on any atom is -0.445 e. The molecule has 1 aliphatic rings. The van der Waals surface area contributed by atoms with Crippen LogP contribution in [0.25, 0.3) is 0 Å². The van der Waals surface area contributed by atoms with Crippen LogP contribution in [0.4, 0.5) is 9.59 Å². The number of hydrogen-bond donors (Lipinski definition) is 1. The lowest BCUT2D eigenvalue weighted by Gasteiger charge is -2.47. The molecule has 0 aliphatic carbocycles. The van der Waals surface area contributed by atoms with Crippen LogP contribution in [0.5, 0.6) is 0 Å². The second-order valence-electron chi connectivity index (χ2n) is 7.29. The first-order chi connectivity index (χ1) is 12.1. The lowest BCUT2D eigenvalue weighted by atomic mass is 9.90. The van der Waals surface area contributed by atoms with Crippen LogP contribution >= 0.6 is 0 Å². The summed E-state index contributed by atoms with van der Waals surface area (Å²) >= 11 is 0. The molecule has 26 heavy (non-hydrogen) atoms. The maximum Gasteiger partial charge on any atom is 0.410 e. The second-order valence-corrected chi connectivity index (χ2v) is 7.29. The summed E-state index contributed by atoms with van der Waals surface area (Å²) in [7, 11) is 0. The number of alkyl carbamates (subject to hydrolysis) is 1. The summed E-state index contributed by atoms with van der Waals surface area (Å²) in [6.45, 7) is 4.72. The average Bonchev–Trinajstić information content (AvgIpc) is 2.48. The molecule has 0 spiro atoms. The van der Waals surface area contributed by atoms with Crippen LogP contribution in [0.3, 0.4) is 0 Å². The average molecular weight is 365 g/mol. The second kappa shape index (κ2) is 7.59. The topological polar surface area (TPSA) is 111 Å². The Hall–Kier alpha value is -2.84. The number of amides is 2. The van der Waals surface area contributed by atoms with Crippen molar-refractivity contribution in [1.29, 1.82) is 0 Å². The van der Waals surface area contributed by atoms with Crippen LogP contribution in [-0.4, -0.2) is 52.8 Å². The van der Waals surface area contributed by atoms with Gasteiger partial charge in [-0.1, -0.05) is 30.3 Å². The lowest BCUT2D eigenvalue weighted by Crippen LogP contribution is -2.74. The predicted molar refractivity (Wildman–Crippen MR) is 92.2 cm³/mol. The van der Waals surface area contributed by atoms with Crippen molar-refractivity contribution in [3.8, 4) is 0 Å². The van der Waals surface area contributed by atoms with E-state index in [0.717, 1.165) is 5.56 Å². The van der Waals surface area contributed by atoms with Crippen molar-refractivity contribution in [3.63, 3.8) is 0 Å². The molecule has 1 aromatic carbocycles. The number of nitrogens with one attached hydrogen (secondary N) is 1. The molecule has 1 saturated heterocycles. The number of likely N-dealkylation sites (tertiary alicyclic amines) is 1. The summed E-state index contributed by atoms with van der Waals surface area (Å²) in [5, 5.41) is 13.5. The Bertz CT molecular complexity index is 665. The van der Waals surface area contributed by atoms with E-state index in [0.29, 0.717) is 0 Å². The number of rotatable bonds is 5. The molecule has 9 nitrogen and oxygen atoms in total. The van der Waals surface area contributed by atoms with Crippen LogP contribution in [0.2, 0.25) is 0 Å². The highest BCUT2D eigenvalue weighted by molar-refractivity contribution is 5.72. The Labute approximate surface area is 151 Å². The number of benzene rings is 1.